The van der Waals surface area contributed by atoms with E-state index in [1.54, 1.807) is 11.3 Å². The summed E-state index contributed by atoms with van der Waals surface area (Å²) >= 11 is 1.63. The zero-order chi connectivity index (χ0) is 14.6. The summed E-state index contributed by atoms with van der Waals surface area (Å²) in [5.74, 6) is 0. The van der Waals surface area contributed by atoms with Crippen molar-refractivity contribution in [1.82, 2.24) is 15.3 Å². The molecule has 0 amide bonds. The third kappa shape index (κ3) is 4.58. The number of rotatable bonds is 5. The molecule has 0 aliphatic heterocycles. The van der Waals surface area contributed by atoms with Crippen LogP contribution in [-0.2, 0) is 13.1 Å². The van der Waals surface area contributed by atoms with Crippen molar-refractivity contribution >= 4 is 17.0 Å². The van der Waals surface area contributed by atoms with Gasteiger partial charge in [0.2, 0.25) is 0 Å². The maximum Gasteiger partial charge on any atom is 0.0795 e. The van der Waals surface area contributed by atoms with Gasteiger partial charge < -0.3 is 10.2 Å². The van der Waals surface area contributed by atoms with Gasteiger partial charge in [-0.3, -0.25) is 4.98 Å². The standard InChI is InChI=1S/C15H22N4S/c1-15(2,3)18-8-12-7-14(5-6-16-12)19(4)9-13-10-20-11-17-13/h5-7,10-11,18H,8-9H2,1-4H3. The number of nitrogens with zero attached hydrogens (tertiary/aromatic N) is 3. The highest BCUT2D eigenvalue weighted by atomic mass is 32.1. The second-order valence-electron chi connectivity index (χ2n) is 5.94. The largest absolute Gasteiger partial charge is 0.369 e. The van der Waals surface area contributed by atoms with Crippen LogP contribution < -0.4 is 10.2 Å². The van der Waals surface area contributed by atoms with Gasteiger partial charge in [0, 0.05) is 36.4 Å². The van der Waals surface area contributed by atoms with E-state index < -0.39 is 0 Å². The summed E-state index contributed by atoms with van der Waals surface area (Å²) in [6, 6.07) is 4.16. The van der Waals surface area contributed by atoms with E-state index >= 15 is 0 Å². The molecule has 4 nitrogen and oxygen atoms in total. The minimum absolute atomic E-state index is 0.101. The molecule has 2 heterocycles. The summed E-state index contributed by atoms with van der Waals surface area (Å²) in [7, 11) is 2.08. The molecule has 2 aromatic rings. The van der Waals surface area contributed by atoms with Crippen molar-refractivity contribution in [3.05, 3.63) is 40.6 Å². The molecule has 1 N–H and O–H groups in total. The molecule has 0 atom stereocenters. The first-order valence-electron chi connectivity index (χ1n) is 6.72. The van der Waals surface area contributed by atoms with Gasteiger partial charge in [-0.2, -0.15) is 0 Å². The van der Waals surface area contributed by atoms with Gasteiger partial charge in [0.05, 0.1) is 23.4 Å². The zero-order valence-corrected chi connectivity index (χ0v) is 13.4. The fourth-order valence-corrected chi connectivity index (χ4v) is 2.35. The van der Waals surface area contributed by atoms with Crippen LogP contribution in [0.4, 0.5) is 5.69 Å². The third-order valence-corrected chi connectivity index (χ3v) is 3.56. The topological polar surface area (TPSA) is 41.1 Å². The van der Waals surface area contributed by atoms with Crippen molar-refractivity contribution < 1.29 is 0 Å². The van der Waals surface area contributed by atoms with E-state index in [4.69, 9.17) is 0 Å². The van der Waals surface area contributed by atoms with E-state index in [0.29, 0.717) is 0 Å². The Morgan fingerprint density at radius 3 is 2.70 bits per heavy atom. The number of thiazole rings is 1. The molecule has 108 valence electrons. The Kier molecular flexibility index (Phi) is 4.73. The van der Waals surface area contributed by atoms with Crippen molar-refractivity contribution in [3.8, 4) is 0 Å². The van der Waals surface area contributed by atoms with Gasteiger partial charge in [-0.05, 0) is 32.9 Å². The van der Waals surface area contributed by atoms with Crippen LogP contribution in [0.5, 0.6) is 0 Å². The average molecular weight is 290 g/mol. The van der Waals surface area contributed by atoms with E-state index in [9.17, 15) is 0 Å². The van der Waals surface area contributed by atoms with Gasteiger partial charge in [0.25, 0.3) is 0 Å². The molecule has 2 rings (SSSR count). The molecule has 2 aromatic heterocycles. The van der Waals surface area contributed by atoms with Gasteiger partial charge in [0.1, 0.15) is 0 Å². The normalized spacial score (nSPS) is 11.6. The molecule has 0 bridgehead atoms. The first-order valence-corrected chi connectivity index (χ1v) is 7.66. The average Bonchev–Trinajstić information content (AvgIpc) is 2.89. The van der Waals surface area contributed by atoms with E-state index in [0.717, 1.165) is 24.5 Å². The third-order valence-electron chi connectivity index (χ3n) is 2.92. The van der Waals surface area contributed by atoms with Gasteiger partial charge in [-0.25, -0.2) is 4.98 Å². The van der Waals surface area contributed by atoms with Crippen LogP contribution in [-0.4, -0.2) is 22.6 Å². The highest BCUT2D eigenvalue weighted by Crippen LogP contribution is 2.16. The molecule has 0 aliphatic rings. The minimum Gasteiger partial charge on any atom is -0.369 e. The summed E-state index contributed by atoms with van der Waals surface area (Å²) in [5.41, 5.74) is 5.29. The predicted octanol–water partition coefficient (Wildman–Crippen LogP) is 3.06. The lowest BCUT2D eigenvalue weighted by molar-refractivity contribution is 0.421. The number of pyridine rings is 1. The Hall–Kier alpha value is -1.46. The van der Waals surface area contributed by atoms with Crippen LogP contribution in [0.25, 0.3) is 0 Å². The number of anilines is 1. The van der Waals surface area contributed by atoms with Crippen LogP contribution in [0, 0.1) is 0 Å². The summed E-state index contributed by atoms with van der Waals surface area (Å²) in [4.78, 5) is 10.9. The first-order chi connectivity index (χ1) is 9.44. The minimum atomic E-state index is 0.101. The fourth-order valence-electron chi connectivity index (χ4n) is 1.81. The Morgan fingerprint density at radius 2 is 2.05 bits per heavy atom. The molecular formula is C15H22N4S. The maximum atomic E-state index is 4.42. The molecule has 0 aliphatic carbocycles. The Labute approximate surface area is 124 Å². The van der Waals surface area contributed by atoms with Crippen LogP contribution in [0.3, 0.4) is 0 Å². The van der Waals surface area contributed by atoms with E-state index in [-0.39, 0.29) is 5.54 Å². The Bertz CT molecular complexity index is 531. The second kappa shape index (κ2) is 6.33. The van der Waals surface area contributed by atoms with Gasteiger partial charge in [-0.15, -0.1) is 11.3 Å². The van der Waals surface area contributed by atoms with Crippen LogP contribution in [0.1, 0.15) is 32.2 Å². The lowest BCUT2D eigenvalue weighted by atomic mass is 10.1. The molecule has 0 saturated heterocycles. The van der Waals surface area contributed by atoms with Crippen LogP contribution in [0.2, 0.25) is 0 Å². The SMILES string of the molecule is CN(Cc1cscn1)c1ccnc(CNC(C)(C)C)c1. The highest BCUT2D eigenvalue weighted by Gasteiger charge is 2.10. The number of nitrogens with one attached hydrogen (secondary N) is 1. The van der Waals surface area contributed by atoms with Crippen LogP contribution >= 0.6 is 11.3 Å². The van der Waals surface area contributed by atoms with Crippen molar-refractivity contribution in [2.24, 2.45) is 0 Å². The Morgan fingerprint density at radius 1 is 1.25 bits per heavy atom. The van der Waals surface area contributed by atoms with Crippen molar-refractivity contribution in [1.29, 1.82) is 0 Å². The monoisotopic (exact) mass is 290 g/mol. The van der Waals surface area contributed by atoms with Gasteiger partial charge in [-0.1, -0.05) is 0 Å². The Balaban J connectivity index is 2.01. The smallest absolute Gasteiger partial charge is 0.0795 e. The van der Waals surface area contributed by atoms with E-state index in [2.05, 4.69) is 59.4 Å². The number of aromatic nitrogens is 2. The maximum absolute atomic E-state index is 4.42. The van der Waals surface area contributed by atoms with E-state index in [1.807, 2.05) is 17.8 Å². The number of hydrogen-bond donors (Lipinski definition) is 1. The van der Waals surface area contributed by atoms with Gasteiger partial charge >= 0.3 is 0 Å². The summed E-state index contributed by atoms with van der Waals surface area (Å²) in [6.45, 7) is 8.07. The number of hydrogen-bond acceptors (Lipinski definition) is 5. The molecular weight excluding hydrogens is 268 g/mol. The lowest BCUT2D eigenvalue weighted by Crippen LogP contribution is -2.35. The first kappa shape index (κ1) is 14.9. The van der Waals surface area contributed by atoms with Crippen molar-refractivity contribution in [2.45, 2.75) is 39.4 Å². The summed E-state index contributed by atoms with van der Waals surface area (Å²) in [6.07, 6.45) is 1.87. The van der Waals surface area contributed by atoms with Crippen LogP contribution in [0.15, 0.2) is 29.2 Å². The lowest BCUT2D eigenvalue weighted by Gasteiger charge is -2.22. The zero-order valence-electron chi connectivity index (χ0n) is 12.6. The van der Waals surface area contributed by atoms with Crippen molar-refractivity contribution in [3.63, 3.8) is 0 Å². The molecule has 0 aromatic carbocycles. The molecule has 0 saturated carbocycles. The fraction of sp³-hybridized carbons (Fsp3) is 0.467. The summed E-state index contributed by atoms with van der Waals surface area (Å²) < 4.78 is 0. The van der Waals surface area contributed by atoms with Gasteiger partial charge in [0.15, 0.2) is 0 Å². The molecule has 20 heavy (non-hydrogen) atoms. The second-order valence-corrected chi connectivity index (χ2v) is 6.66. The molecule has 0 radical (unpaired) electrons. The molecule has 0 unspecified atom stereocenters. The van der Waals surface area contributed by atoms with Crippen molar-refractivity contribution in [2.75, 3.05) is 11.9 Å². The molecule has 5 heteroatoms. The molecule has 0 fully saturated rings. The van der Waals surface area contributed by atoms with E-state index in [1.165, 1.54) is 5.69 Å². The quantitative estimate of drug-likeness (QED) is 0.919. The molecule has 0 spiro atoms. The predicted molar refractivity (Wildman–Crippen MR) is 85.1 cm³/mol. The summed E-state index contributed by atoms with van der Waals surface area (Å²) in [5, 5.41) is 5.54. The highest BCUT2D eigenvalue weighted by molar-refractivity contribution is 7.07.